The molecule has 1 amide bonds. The van der Waals surface area contributed by atoms with E-state index >= 15 is 0 Å². The van der Waals surface area contributed by atoms with Gasteiger partial charge in [-0.2, -0.15) is 0 Å². The van der Waals surface area contributed by atoms with E-state index < -0.39 is 11.2 Å². The Kier molecular flexibility index (Phi) is 9.70. The molecule has 0 saturated carbocycles. The fraction of sp³-hybridized carbons (Fsp3) is 0.522. The molecule has 0 bridgehead atoms. The number of hydrogen-bond acceptors (Lipinski definition) is 6. The van der Waals surface area contributed by atoms with Crippen molar-refractivity contribution in [3.63, 3.8) is 0 Å². The van der Waals surface area contributed by atoms with Crippen LogP contribution in [0.1, 0.15) is 39.3 Å². The van der Waals surface area contributed by atoms with Crippen molar-refractivity contribution in [2.45, 2.75) is 40.3 Å². The summed E-state index contributed by atoms with van der Waals surface area (Å²) in [5.74, 6) is -0.105. The molecule has 0 aliphatic heterocycles. The van der Waals surface area contributed by atoms with Crippen LogP contribution in [0, 0.1) is 11.8 Å². The third-order valence-electron chi connectivity index (χ3n) is 5.22. The maximum Gasteiger partial charge on any atom is 0.330 e. The molecule has 2 rings (SSSR count). The lowest BCUT2D eigenvalue weighted by Crippen LogP contribution is -2.46. The maximum atomic E-state index is 13.3. The number of aromatic nitrogens is 2. The predicted molar refractivity (Wildman–Crippen MR) is 132 cm³/mol. The highest BCUT2D eigenvalue weighted by molar-refractivity contribution is 6.30. The van der Waals surface area contributed by atoms with Gasteiger partial charge in [0.2, 0.25) is 5.91 Å². The van der Waals surface area contributed by atoms with Gasteiger partial charge in [-0.05, 0) is 29.5 Å². The number of benzene rings is 1. The second-order valence-corrected chi connectivity index (χ2v) is 9.13. The highest BCUT2D eigenvalue weighted by Crippen LogP contribution is 2.24. The van der Waals surface area contributed by atoms with Crippen LogP contribution in [0.15, 0.2) is 33.9 Å². The summed E-state index contributed by atoms with van der Waals surface area (Å²) in [4.78, 5) is 41.8. The first-order chi connectivity index (χ1) is 15.6. The van der Waals surface area contributed by atoms with E-state index in [2.05, 4.69) is 10.3 Å². The zero-order valence-electron chi connectivity index (χ0n) is 19.9. The summed E-state index contributed by atoms with van der Waals surface area (Å²) in [6, 6.07) is 7.33. The minimum atomic E-state index is -0.708. The molecule has 0 saturated heterocycles. The molecule has 0 fully saturated rings. The Morgan fingerprint density at radius 1 is 1.21 bits per heavy atom. The van der Waals surface area contributed by atoms with Crippen LogP contribution in [0.4, 0.5) is 11.5 Å². The first-order valence-electron chi connectivity index (χ1n) is 11.0. The standard InChI is InChI=1S/C23H34ClN5O4/c1-14(2)13-29-21(25)20(22(31)27-23(29)32)28(10-11-33-5)18(30)12-26-19(15(3)4)16-6-8-17(24)9-7-16/h6-9,14-15,19,26H,10-13,25H2,1-5H3,(H,27,31,32). The molecule has 1 aromatic carbocycles. The number of methoxy groups -OCH3 is 1. The van der Waals surface area contributed by atoms with Gasteiger partial charge in [0, 0.05) is 31.3 Å². The highest BCUT2D eigenvalue weighted by atomic mass is 35.5. The molecule has 33 heavy (non-hydrogen) atoms. The van der Waals surface area contributed by atoms with Gasteiger partial charge in [-0.1, -0.05) is 51.4 Å². The van der Waals surface area contributed by atoms with Crippen molar-refractivity contribution in [2.24, 2.45) is 11.8 Å². The lowest BCUT2D eigenvalue weighted by atomic mass is 9.96. The van der Waals surface area contributed by atoms with Crippen molar-refractivity contribution in [3.05, 3.63) is 55.7 Å². The normalized spacial score (nSPS) is 12.4. The molecule has 1 unspecified atom stereocenters. The predicted octanol–water partition coefficient (Wildman–Crippen LogP) is 2.39. The molecular weight excluding hydrogens is 446 g/mol. The molecule has 0 spiro atoms. The van der Waals surface area contributed by atoms with Gasteiger partial charge in [-0.15, -0.1) is 0 Å². The molecule has 4 N–H and O–H groups in total. The summed E-state index contributed by atoms with van der Waals surface area (Å²) in [6.45, 7) is 8.51. The summed E-state index contributed by atoms with van der Waals surface area (Å²) in [6.07, 6.45) is 0. The Hall–Kier alpha value is -2.62. The Balaban J connectivity index is 2.36. The molecule has 0 aliphatic rings. The number of hydrogen-bond donors (Lipinski definition) is 3. The second kappa shape index (κ2) is 12.0. The number of carbonyl (C=O) groups excluding carboxylic acids is 1. The number of halogens is 1. The molecule has 1 aromatic heterocycles. The van der Waals surface area contributed by atoms with E-state index in [1.54, 1.807) is 12.1 Å². The minimum Gasteiger partial charge on any atom is -0.383 e. The van der Waals surface area contributed by atoms with Gasteiger partial charge in [0.25, 0.3) is 5.56 Å². The zero-order chi connectivity index (χ0) is 24.7. The largest absolute Gasteiger partial charge is 0.383 e. The smallest absolute Gasteiger partial charge is 0.330 e. The van der Waals surface area contributed by atoms with Crippen LogP contribution in [-0.4, -0.2) is 42.3 Å². The molecule has 10 heteroatoms. The van der Waals surface area contributed by atoms with Crippen LogP contribution >= 0.6 is 11.6 Å². The van der Waals surface area contributed by atoms with E-state index in [1.165, 1.54) is 16.6 Å². The number of amides is 1. The number of nitrogens with two attached hydrogens (primary N) is 1. The van der Waals surface area contributed by atoms with Crippen molar-refractivity contribution in [3.8, 4) is 0 Å². The Labute approximate surface area is 198 Å². The highest BCUT2D eigenvalue weighted by Gasteiger charge is 2.25. The number of nitrogen functional groups attached to an aromatic ring is 1. The number of carbonyl (C=O) groups is 1. The fourth-order valence-corrected chi connectivity index (χ4v) is 3.76. The number of aromatic amines is 1. The first-order valence-corrected chi connectivity index (χ1v) is 11.3. The lowest BCUT2D eigenvalue weighted by molar-refractivity contribution is -0.118. The van der Waals surface area contributed by atoms with Crippen LogP contribution in [0.25, 0.3) is 0 Å². The summed E-state index contributed by atoms with van der Waals surface area (Å²) >= 11 is 6.00. The fourth-order valence-electron chi connectivity index (χ4n) is 3.63. The first kappa shape index (κ1) is 26.6. The third-order valence-corrected chi connectivity index (χ3v) is 5.47. The van der Waals surface area contributed by atoms with Gasteiger partial charge in [0.15, 0.2) is 5.69 Å². The number of nitrogens with zero attached hydrogens (tertiary/aromatic N) is 2. The Morgan fingerprint density at radius 2 is 1.85 bits per heavy atom. The molecule has 2 aromatic rings. The van der Waals surface area contributed by atoms with Crippen molar-refractivity contribution >= 4 is 29.0 Å². The van der Waals surface area contributed by atoms with E-state index in [0.29, 0.717) is 11.6 Å². The van der Waals surface area contributed by atoms with E-state index in [9.17, 15) is 14.4 Å². The number of rotatable bonds is 11. The Morgan fingerprint density at radius 3 is 2.39 bits per heavy atom. The SMILES string of the molecule is COCCN(C(=O)CNC(c1ccc(Cl)cc1)C(C)C)c1c(N)n(CC(C)C)c(=O)[nH]c1=O. The summed E-state index contributed by atoms with van der Waals surface area (Å²) < 4.78 is 6.42. The van der Waals surface area contributed by atoms with Crippen LogP contribution < -0.4 is 27.2 Å². The van der Waals surface area contributed by atoms with Crippen LogP contribution in [0.2, 0.25) is 5.02 Å². The van der Waals surface area contributed by atoms with E-state index in [4.69, 9.17) is 22.1 Å². The number of anilines is 2. The van der Waals surface area contributed by atoms with Crippen molar-refractivity contribution in [1.29, 1.82) is 0 Å². The monoisotopic (exact) mass is 479 g/mol. The Bertz CT molecular complexity index is 1050. The van der Waals surface area contributed by atoms with Crippen molar-refractivity contribution < 1.29 is 9.53 Å². The average Bonchev–Trinajstić information content (AvgIpc) is 2.74. The minimum absolute atomic E-state index is 0.0417. The molecule has 1 heterocycles. The van der Waals surface area contributed by atoms with Crippen LogP contribution in [-0.2, 0) is 16.1 Å². The topological polar surface area (TPSA) is 122 Å². The summed E-state index contributed by atoms with van der Waals surface area (Å²) in [5, 5.41) is 3.92. The van der Waals surface area contributed by atoms with E-state index in [0.717, 1.165) is 5.56 Å². The molecule has 0 aliphatic carbocycles. The third kappa shape index (κ3) is 6.93. The van der Waals surface area contributed by atoms with Gasteiger partial charge in [0.05, 0.1) is 13.2 Å². The number of nitrogens with one attached hydrogen (secondary N) is 2. The molecular formula is C23H34ClN5O4. The van der Waals surface area contributed by atoms with Gasteiger partial charge in [0.1, 0.15) is 5.82 Å². The number of H-pyrrole nitrogens is 1. The van der Waals surface area contributed by atoms with Gasteiger partial charge in [-0.3, -0.25) is 19.1 Å². The molecule has 1 atom stereocenters. The van der Waals surface area contributed by atoms with Gasteiger partial charge < -0.3 is 20.7 Å². The molecule has 0 radical (unpaired) electrons. The lowest BCUT2D eigenvalue weighted by Gasteiger charge is -2.27. The maximum absolute atomic E-state index is 13.3. The quantitative estimate of drug-likeness (QED) is 0.455. The molecule has 182 valence electrons. The van der Waals surface area contributed by atoms with E-state index in [1.807, 2.05) is 39.8 Å². The second-order valence-electron chi connectivity index (χ2n) is 8.69. The van der Waals surface area contributed by atoms with E-state index in [-0.39, 0.29) is 55.0 Å². The van der Waals surface area contributed by atoms with Crippen molar-refractivity contribution in [1.82, 2.24) is 14.9 Å². The van der Waals surface area contributed by atoms with Crippen LogP contribution in [0.5, 0.6) is 0 Å². The summed E-state index contributed by atoms with van der Waals surface area (Å²) in [7, 11) is 1.50. The van der Waals surface area contributed by atoms with Gasteiger partial charge in [-0.25, -0.2) is 4.79 Å². The summed E-state index contributed by atoms with van der Waals surface area (Å²) in [5.41, 5.74) is 5.86. The molecule has 9 nitrogen and oxygen atoms in total. The van der Waals surface area contributed by atoms with Gasteiger partial charge >= 0.3 is 5.69 Å². The van der Waals surface area contributed by atoms with Crippen molar-refractivity contribution in [2.75, 3.05) is 37.4 Å². The average molecular weight is 480 g/mol. The zero-order valence-corrected chi connectivity index (χ0v) is 20.6. The van der Waals surface area contributed by atoms with Crippen LogP contribution in [0.3, 0.4) is 0 Å². The number of ether oxygens (including phenoxy) is 1.